The van der Waals surface area contributed by atoms with Crippen molar-refractivity contribution in [2.75, 3.05) is 52.4 Å². The van der Waals surface area contributed by atoms with Crippen molar-refractivity contribution < 1.29 is 4.79 Å². The summed E-state index contributed by atoms with van der Waals surface area (Å²) in [6.07, 6.45) is 4.00. The third kappa shape index (κ3) is 4.55. The summed E-state index contributed by atoms with van der Waals surface area (Å²) in [7, 11) is 0. The van der Waals surface area contributed by atoms with Crippen molar-refractivity contribution in [3.63, 3.8) is 0 Å². The van der Waals surface area contributed by atoms with E-state index in [2.05, 4.69) is 15.1 Å². The Kier molecular flexibility index (Phi) is 5.41. The molecule has 2 heterocycles. The molecule has 0 atom stereocenters. The van der Waals surface area contributed by atoms with Crippen molar-refractivity contribution in [1.82, 2.24) is 15.1 Å². The number of nitrogens with one attached hydrogen (secondary N) is 1. The second kappa shape index (κ2) is 7.07. The number of carbonyl (C=O) groups excluding carboxylic acids is 1. The Morgan fingerprint density at radius 3 is 2.33 bits per heavy atom. The van der Waals surface area contributed by atoms with Gasteiger partial charge in [0.05, 0.1) is 6.54 Å². The minimum atomic E-state index is -0.210. The highest BCUT2D eigenvalue weighted by atomic mass is 16.1. The normalized spacial score (nSPS) is 24.2. The van der Waals surface area contributed by atoms with Crippen LogP contribution in [0.1, 0.15) is 19.3 Å². The molecule has 3 N–H and O–H groups in total. The number of rotatable bonds is 5. The minimum Gasteiger partial charge on any atom is -0.369 e. The molecule has 0 radical (unpaired) electrons. The van der Waals surface area contributed by atoms with Gasteiger partial charge in [-0.1, -0.05) is 0 Å². The number of piperidine rings is 1. The molecule has 2 fully saturated rings. The summed E-state index contributed by atoms with van der Waals surface area (Å²) in [6, 6.07) is 0. The molecule has 0 saturated carbocycles. The van der Waals surface area contributed by atoms with Crippen LogP contribution in [0.5, 0.6) is 0 Å². The predicted molar refractivity (Wildman–Crippen MR) is 72.3 cm³/mol. The second-order valence-electron chi connectivity index (χ2n) is 5.57. The van der Waals surface area contributed by atoms with Crippen LogP contribution < -0.4 is 11.1 Å². The molecule has 0 aromatic heterocycles. The maximum atomic E-state index is 10.8. The standard InChI is InChI=1S/C13H26N4O/c14-13(18)11-17-9-7-16(8-10-17)6-3-12-1-4-15-5-2-12/h12,15H,1-11H2,(H2,14,18). The van der Waals surface area contributed by atoms with Crippen LogP contribution in [-0.4, -0.2) is 68.1 Å². The molecule has 5 heteroatoms. The zero-order chi connectivity index (χ0) is 12.8. The van der Waals surface area contributed by atoms with Gasteiger partial charge in [-0.25, -0.2) is 0 Å². The fourth-order valence-corrected chi connectivity index (χ4v) is 2.93. The van der Waals surface area contributed by atoms with Gasteiger partial charge in [-0.3, -0.25) is 9.69 Å². The lowest BCUT2D eigenvalue weighted by atomic mass is 9.94. The van der Waals surface area contributed by atoms with Crippen molar-refractivity contribution in [3.05, 3.63) is 0 Å². The first-order valence-electron chi connectivity index (χ1n) is 7.18. The summed E-state index contributed by atoms with van der Waals surface area (Å²) < 4.78 is 0. The fourth-order valence-electron chi connectivity index (χ4n) is 2.93. The molecule has 1 amide bonds. The van der Waals surface area contributed by atoms with E-state index in [1.807, 2.05) is 0 Å². The van der Waals surface area contributed by atoms with E-state index < -0.39 is 0 Å². The maximum absolute atomic E-state index is 10.8. The van der Waals surface area contributed by atoms with Gasteiger partial charge < -0.3 is 16.0 Å². The van der Waals surface area contributed by atoms with E-state index in [1.165, 1.54) is 38.9 Å². The summed E-state index contributed by atoms with van der Waals surface area (Å²) in [5, 5.41) is 3.41. The number of amides is 1. The minimum absolute atomic E-state index is 0.210. The van der Waals surface area contributed by atoms with Gasteiger partial charge in [0.25, 0.3) is 0 Å². The largest absolute Gasteiger partial charge is 0.369 e. The summed E-state index contributed by atoms with van der Waals surface area (Å²) >= 11 is 0. The molecule has 5 nitrogen and oxygen atoms in total. The van der Waals surface area contributed by atoms with Crippen molar-refractivity contribution in [2.45, 2.75) is 19.3 Å². The maximum Gasteiger partial charge on any atom is 0.231 e. The third-order valence-electron chi connectivity index (χ3n) is 4.16. The Morgan fingerprint density at radius 1 is 1.11 bits per heavy atom. The van der Waals surface area contributed by atoms with Crippen LogP contribution >= 0.6 is 0 Å². The number of piperazine rings is 1. The number of hydrogen-bond donors (Lipinski definition) is 2. The molecule has 0 spiro atoms. The van der Waals surface area contributed by atoms with Crippen molar-refractivity contribution in [3.8, 4) is 0 Å². The lowest BCUT2D eigenvalue weighted by Crippen LogP contribution is -2.49. The average molecular weight is 254 g/mol. The van der Waals surface area contributed by atoms with E-state index >= 15 is 0 Å². The molecule has 0 unspecified atom stereocenters. The molecule has 0 aliphatic carbocycles. The lowest BCUT2D eigenvalue weighted by molar-refractivity contribution is -0.119. The summed E-state index contributed by atoms with van der Waals surface area (Å²) in [5.41, 5.74) is 5.21. The van der Waals surface area contributed by atoms with E-state index in [9.17, 15) is 4.79 Å². The van der Waals surface area contributed by atoms with E-state index in [0.717, 1.165) is 32.1 Å². The van der Waals surface area contributed by atoms with E-state index in [1.54, 1.807) is 0 Å². The molecule has 0 aromatic rings. The van der Waals surface area contributed by atoms with Gasteiger partial charge in [0, 0.05) is 26.2 Å². The molecule has 0 bridgehead atoms. The molecule has 2 saturated heterocycles. The van der Waals surface area contributed by atoms with E-state index in [4.69, 9.17) is 5.73 Å². The highest BCUT2D eigenvalue weighted by molar-refractivity contribution is 5.75. The first kappa shape index (κ1) is 13.8. The monoisotopic (exact) mass is 254 g/mol. The molecule has 2 aliphatic heterocycles. The Bertz CT molecular complexity index is 258. The number of nitrogens with zero attached hydrogens (tertiary/aromatic N) is 2. The van der Waals surface area contributed by atoms with Crippen molar-refractivity contribution >= 4 is 5.91 Å². The van der Waals surface area contributed by atoms with Crippen LogP contribution in [0.25, 0.3) is 0 Å². The van der Waals surface area contributed by atoms with Crippen molar-refractivity contribution in [2.24, 2.45) is 11.7 Å². The molecule has 18 heavy (non-hydrogen) atoms. The molecule has 104 valence electrons. The van der Waals surface area contributed by atoms with Gasteiger partial charge in [0.15, 0.2) is 0 Å². The first-order valence-corrected chi connectivity index (χ1v) is 7.18. The number of hydrogen-bond acceptors (Lipinski definition) is 4. The number of primary amides is 1. The Balaban J connectivity index is 1.59. The Hall–Kier alpha value is -0.650. The Morgan fingerprint density at radius 2 is 1.72 bits per heavy atom. The number of carbonyl (C=O) groups is 1. The highest BCUT2D eigenvalue weighted by Crippen LogP contribution is 2.16. The molecule has 2 rings (SSSR count). The highest BCUT2D eigenvalue weighted by Gasteiger charge is 2.19. The topological polar surface area (TPSA) is 61.6 Å². The van der Waals surface area contributed by atoms with Crippen LogP contribution in [0.3, 0.4) is 0 Å². The summed E-state index contributed by atoms with van der Waals surface area (Å²) in [6.45, 7) is 8.14. The fraction of sp³-hybridized carbons (Fsp3) is 0.923. The molecular weight excluding hydrogens is 228 g/mol. The summed E-state index contributed by atoms with van der Waals surface area (Å²) in [4.78, 5) is 15.5. The zero-order valence-corrected chi connectivity index (χ0v) is 11.2. The van der Waals surface area contributed by atoms with Gasteiger partial charge in [-0.15, -0.1) is 0 Å². The quantitative estimate of drug-likeness (QED) is 0.693. The van der Waals surface area contributed by atoms with Crippen LogP contribution in [0.2, 0.25) is 0 Å². The lowest BCUT2D eigenvalue weighted by Gasteiger charge is -2.35. The molecule has 2 aliphatic rings. The van der Waals surface area contributed by atoms with Crippen molar-refractivity contribution in [1.29, 1.82) is 0 Å². The molecular formula is C13H26N4O. The number of nitrogens with two attached hydrogens (primary N) is 1. The van der Waals surface area contributed by atoms with E-state index in [0.29, 0.717) is 6.54 Å². The first-order chi connectivity index (χ1) is 8.74. The third-order valence-corrected chi connectivity index (χ3v) is 4.16. The van der Waals surface area contributed by atoms with Crippen LogP contribution in [0.15, 0.2) is 0 Å². The summed E-state index contributed by atoms with van der Waals surface area (Å²) in [5.74, 6) is 0.702. The zero-order valence-electron chi connectivity index (χ0n) is 11.2. The SMILES string of the molecule is NC(=O)CN1CCN(CCC2CCNCC2)CC1. The van der Waals surface area contributed by atoms with Crippen LogP contribution in [0.4, 0.5) is 0 Å². The second-order valence-corrected chi connectivity index (χ2v) is 5.57. The van der Waals surface area contributed by atoms with Gasteiger partial charge in [-0.05, 0) is 44.8 Å². The van der Waals surface area contributed by atoms with Gasteiger partial charge in [-0.2, -0.15) is 0 Å². The smallest absolute Gasteiger partial charge is 0.231 e. The van der Waals surface area contributed by atoms with Crippen LogP contribution in [0, 0.1) is 5.92 Å². The van der Waals surface area contributed by atoms with E-state index in [-0.39, 0.29) is 5.91 Å². The predicted octanol–water partition coefficient (Wildman–Crippen LogP) is -0.521. The van der Waals surface area contributed by atoms with Gasteiger partial charge in [0.2, 0.25) is 5.91 Å². The Labute approximate surface area is 110 Å². The van der Waals surface area contributed by atoms with Crippen LogP contribution in [-0.2, 0) is 4.79 Å². The average Bonchev–Trinajstić information content (AvgIpc) is 2.38. The van der Waals surface area contributed by atoms with Gasteiger partial charge >= 0.3 is 0 Å². The molecule has 0 aromatic carbocycles. The van der Waals surface area contributed by atoms with Gasteiger partial charge in [0.1, 0.15) is 0 Å².